The quantitative estimate of drug-likeness (QED) is 0.631. The van der Waals surface area contributed by atoms with E-state index in [1.807, 2.05) is 47.7 Å². The van der Waals surface area contributed by atoms with Crippen molar-refractivity contribution in [2.45, 2.75) is 25.6 Å². The number of piperazine rings is 1. The number of aromatic nitrogens is 1. The second kappa shape index (κ2) is 9.80. The molecule has 3 rings (SSSR count). The van der Waals surface area contributed by atoms with Crippen LogP contribution in [0.3, 0.4) is 0 Å². The molecule has 9 heteroatoms. The van der Waals surface area contributed by atoms with Gasteiger partial charge in [-0.05, 0) is 19.0 Å². The summed E-state index contributed by atoms with van der Waals surface area (Å²) in [7, 11) is -1.47. The van der Waals surface area contributed by atoms with Crippen molar-refractivity contribution >= 4 is 27.3 Å². The van der Waals surface area contributed by atoms with E-state index < -0.39 is 10.0 Å². The van der Waals surface area contributed by atoms with E-state index in [1.165, 1.54) is 4.31 Å². The minimum absolute atomic E-state index is 0.00207. The van der Waals surface area contributed by atoms with Crippen molar-refractivity contribution in [3.63, 3.8) is 0 Å². The van der Waals surface area contributed by atoms with E-state index in [0.717, 1.165) is 22.7 Å². The van der Waals surface area contributed by atoms with E-state index in [9.17, 15) is 13.2 Å². The van der Waals surface area contributed by atoms with Crippen LogP contribution in [-0.4, -0.2) is 73.2 Å². The molecule has 0 bridgehead atoms. The second-order valence-electron chi connectivity index (χ2n) is 7.28. The van der Waals surface area contributed by atoms with Crippen molar-refractivity contribution in [1.29, 1.82) is 0 Å². The topological polar surface area (TPSA) is 73.8 Å². The van der Waals surface area contributed by atoms with Crippen LogP contribution in [0.25, 0.3) is 0 Å². The third-order valence-corrected chi connectivity index (χ3v) is 7.81. The lowest BCUT2D eigenvalue weighted by molar-refractivity contribution is -0.133. The molecule has 0 spiro atoms. The minimum atomic E-state index is -3.37. The molecule has 1 amide bonds. The molecule has 1 saturated heterocycles. The molecular weight excluding hydrogens is 408 g/mol. The highest BCUT2D eigenvalue weighted by Crippen LogP contribution is 2.15. The molecule has 0 N–H and O–H groups in total. The van der Waals surface area contributed by atoms with Crippen molar-refractivity contribution in [1.82, 2.24) is 19.1 Å². The van der Waals surface area contributed by atoms with Gasteiger partial charge in [-0.2, -0.15) is 4.31 Å². The van der Waals surface area contributed by atoms with E-state index in [0.29, 0.717) is 39.3 Å². The largest absolute Gasteiger partial charge is 0.339 e. The molecule has 1 aromatic carbocycles. The average Bonchev–Trinajstić information content (AvgIpc) is 3.16. The number of hydrogen-bond acceptors (Lipinski definition) is 6. The Morgan fingerprint density at radius 3 is 2.48 bits per heavy atom. The summed E-state index contributed by atoms with van der Waals surface area (Å²) in [6.45, 7) is 4.56. The SMILES string of the molecule is CCc1nc(CN(C)CC(=O)N2CCN(S(=O)(=O)Cc3ccccc3)CC2)cs1. The maximum atomic E-state index is 12.6. The zero-order valence-electron chi connectivity index (χ0n) is 17.0. The van der Waals surface area contributed by atoms with Gasteiger partial charge in [0.05, 0.1) is 23.0 Å². The summed E-state index contributed by atoms with van der Waals surface area (Å²) in [6, 6.07) is 9.19. The predicted octanol–water partition coefficient (Wildman–Crippen LogP) is 1.81. The monoisotopic (exact) mass is 436 g/mol. The summed E-state index contributed by atoms with van der Waals surface area (Å²) in [4.78, 5) is 20.9. The number of rotatable bonds is 8. The van der Waals surface area contributed by atoms with Crippen LogP contribution in [-0.2, 0) is 33.5 Å². The molecule has 158 valence electrons. The van der Waals surface area contributed by atoms with Crippen LogP contribution < -0.4 is 0 Å². The van der Waals surface area contributed by atoms with Crippen LogP contribution >= 0.6 is 11.3 Å². The van der Waals surface area contributed by atoms with Gasteiger partial charge >= 0.3 is 0 Å². The third kappa shape index (κ3) is 6.08. The Balaban J connectivity index is 1.47. The highest BCUT2D eigenvalue weighted by atomic mass is 32.2. The molecule has 7 nitrogen and oxygen atoms in total. The average molecular weight is 437 g/mol. The second-order valence-corrected chi connectivity index (χ2v) is 10.2. The Morgan fingerprint density at radius 1 is 1.17 bits per heavy atom. The standard InChI is InChI=1S/C20H28N4O3S2/c1-3-19-21-18(15-28-19)13-22(2)14-20(25)23-9-11-24(12-10-23)29(26,27)16-17-7-5-4-6-8-17/h4-8,15H,3,9-14,16H2,1-2H3. The predicted molar refractivity (Wildman–Crippen MR) is 115 cm³/mol. The summed E-state index contributed by atoms with van der Waals surface area (Å²) >= 11 is 1.65. The molecule has 2 heterocycles. The summed E-state index contributed by atoms with van der Waals surface area (Å²) in [5.41, 5.74) is 1.76. The first kappa shape index (κ1) is 21.9. The molecule has 1 aliphatic heterocycles. The normalized spacial score (nSPS) is 15.8. The van der Waals surface area contributed by atoms with E-state index in [-0.39, 0.29) is 11.7 Å². The Labute approximate surface area is 177 Å². The lowest BCUT2D eigenvalue weighted by atomic mass is 10.2. The fourth-order valence-electron chi connectivity index (χ4n) is 3.34. The number of sulfonamides is 1. The van der Waals surface area contributed by atoms with Gasteiger partial charge < -0.3 is 4.90 Å². The third-order valence-electron chi connectivity index (χ3n) is 4.92. The van der Waals surface area contributed by atoms with Crippen LogP contribution in [0, 0.1) is 0 Å². The minimum Gasteiger partial charge on any atom is -0.339 e. The molecule has 1 aliphatic rings. The van der Waals surface area contributed by atoms with Gasteiger partial charge in [-0.15, -0.1) is 11.3 Å². The van der Waals surface area contributed by atoms with Gasteiger partial charge in [0.15, 0.2) is 0 Å². The Kier molecular flexibility index (Phi) is 7.39. The van der Waals surface area contributed by atoms with Gasteiger partial charge in [0, 0.05) is 38.1 Å². The number of carbonyl (C=O) groups is 1. The molecule has 2 aromatic rings. The first-order valence-electron chi connectivity index (χ1n) is 9.78. The molecule has 0 aliphatic carbocycles. The molecular formula is C20H28N4O3S2. The van der Waals surface area contributed by atoms with Crippen LogP contribution in [0.15, 0.2) is 35.7 Å². The van der Waals surface area contributed by atoms with Gasteiger partial charge in [0.2, 0.25) is 15.9 Å². The lowest BCUT2D eigenvalue weighted by Crippen LogP contribution is -2.52. The molecule has 0 saturated carbocycles. The fourth-order valence-corrected chi connectivity index (χ4v) is 5.59. The molecule has 1 aromatic heterocycles. The van der Waals surface area contributed by atoms with Crippen LogP contribution in [0.5, 0.6) is 0 Å². The van der Waals surface area contributed by atoms with Gasteiger partial charge in [0.1, 0.15) is 0 Å². The fraction of sp³-hybridized carbons (Fsp3) is 0.500. The Morgan fingerprint density at radius 2 is 1.86 bits per heavy atom. The van der Waals surface area contributed by atoms with Crippen LogP contribution in [0.4, 0.5) is 0 Å². The Hall–Kier alpha value is -1.81. The molecule has 0 radical (unpaired) electrons. The van der Waals surface area contributed by atoms with Gasteiger partial charge in [-0.25, -0.2) is 13.4 Å². The number of aryl methyl sites for hydroxylation is 1. The number of hydrogen-bond donors (Lipinski definition) is 0. The van der Waals surface area contributed by atoms with Crippen molar-refractivity contribution in [2.24, 2.45) is 0 Å². The summed E-state index contributed by atoms with van der Waals surface area (Å²) in [6.07, 6.45) is 0.921. The smallest absolute Gasteiger partial charge is 0.236 e. The van der Waals surface area contributed by atoms with Crippen molar-refractivity contribution < 1.29 is 13.2 Å². The maximum absolute atomic E-state index is 12.6. The van der Waals surface area contributed by atoms with Crippen LogP contribution in [0.1, 0.15) is 23.2 Å². The first-order valence-corrected chi connectivity index (χ1v) is 12.3. The zero-order chi connectivity index (χ0) is 20.9. The highest BCUT2D eigenvalue weighted by Gasteiger charge is 2.29. The van der Waals surface area contributed by atoms with E-state index in [2.05, 4.69) is 11.9 Å². The maximum Gasteiger partial charge on any atom is 0.236 e. The van der Waals surface area contributed by atoms with Gasteiger partial charge in [-0.3, -0.25) is 9.69 Å². The first-order chi connectivity index (χ1) is 13.9. The molecule has 1 fully saturated rings. The number of nitrogens with zero attached hydrogens (tertiary/aromatic N) is 4. The van der Waals surface area contributed by atoms with Crippen molar-refractivity contribution in [2.75, 3.05) is 39.8 Å². The van der Waals surface area contributed by atoms with Gasteiger partial charge in [0.25, 0.3) is 0 Å². The number of likely N-dealkylation sites (N-methyl/N-ethyl adjacent to an activating group) is 1. The van der Waals surface area contributed by atoms with Crippen molar-refractivity contribution in [3.8, 4) is 0 Å². The highest BCUT2D eigenvalue weighted by molar-refractivity contribution is 7.88. The lowest BCUT2D eigenvalue weighted by Gasteiger charge is -2.34. The molecule has 29 heavy (non-hydrogen) atoms. The Bertz CT molecular complexity index is 907. The number of carbonyl (C=O) groups excluding carboxylic acids is 1. The number of amides is 1. The summed E-state index contributed by atoms with van der Waals surface area (Å²) in [5.74, 6) is 0.0244. The zero-order valence-corrected chi connectivity index (χ0v) is 18.6. The van der Waals surface area contributed by atoms with E-state index in [1.54, 1.807) is 16.2 Å². The number of benzene rings is 1. The molecule has 0 unspecified atom stereocenters. The van der Waals surface area contributed by atoms with E-state index >= 15 is 0 Å². The summed E-state index contributed by atoms with van der Waals surface area (Å²) in [5, 5.41) is 3.14. The van der Waals surface area contributed by atoms with Crippen molar-refractivity contribution in [3.05, 3.63) is 52.0 Å². The van der Waals surface area contributed by atoms with Gasteiger partial charge in [-0.1, -0.05) is 37.3 Å². The molecule has 0 atom stereocenters. The van der Waals surface area contributed by atoms with Crippen LogP contribution in [0.2, 0.25) is 0 Å². The summed E-state index contributed by atoms with van der Waals surface area (Å²) < 4.78 is 26.8. The van der Waals surface area contributed by atoms with E-state index in [4.69, 9.17) is 0 Å². The number of thiazole rings is 1.